The maximum atomic E-state index is 13.5. The molecule has 0 saturated heterocycles. The van der Waals surface area contributed by atoms with E-state index in [0.29, 0.717) is 37.4 Å². The molecule has 36 heavy (non-hydrogen) atoms. The molecule has 4 saturated carbocycles. The first-order valence-corrected chi connectivity index (χ1v) is 13.6. The Hall–Kier alpha value is -2.77. The van der Waals surface area contributed by atoms with Crippen molar-refractivity contribution in [3.05, 3.63) is 35.0 Å². The SMILES string of the molecule is Cc1cc(C(=O)N2CCc3c(ncnc3NC(=O)CC34CC5CC(CC(C5)C3)C4)C2)n(C(C)(C)C)n1. The van der Waals surface area contributed by atoms with E-state index in [0.717, 1.165) is 34.7 Å². The number of carbonyl (C=O) groups is 2. The highest BCUT2D eigenvalue weighted by Gasteiger charge is 2.51. The lowest BCUT2D eigenvalue weighted by Crippen LogP contribution is -2.47. The van der Waals surface area contributed by atoms with Crippen LogP contribution >= 0.6 is 0 Å². The molecule has 192 valence electrons. The summed E-state index contributed by atoms with van der Waals surface area (Å²) >= 11 is 0. The maximum Gasteiger partial charge on any atom is 0.272 e. The number of anilines is 1. The Labute approximate surface area is 213 Å². The first kappa shape index (κ1) is 23.6. The van der Waals surface area contributed by atoms with Gasteiger partial charge in [0.2, 0.25) is 5.91 Å². The summed E-state index contributed by atoms with van der Waals surface area (Å²) in [5, 5.41) is 7.71. The largest absolute Gasteiger partial charge is 0.331 e. The molecule has 0 spiro atoms. The third-order valence-corrected chi connectivity index (χ3v) is 8.94. The van der Waals surface area contributed by atoms with Gasteiger partial charge in [-0.1, -0.05) is 0 Å². The molecular formula is C28H38N6O2. The molecule has 4 bridgehead atoms. The number of fused-ring (bicyclic) bond motifs is 1. The van der Waals surface area contributed by atoms with Crippen molar-refractivity contribution in [3.63, 3.8) is 0 Å². The Morgan fingerprint density at radius 1 is 1.08 bits per heavy atom. The average molecular weight is 491 g/mol. The summed E-state index contributed by atoms with van der Waals surface area (Å²) < 4.78 is 1.82. The number of hydrogen-bond donors (Lipinski definition) is 1. The van der Waals surface area contributed by atoms with E-state index in [2.05, 4.69) is 20.4 Å². The van der Waals surface area contributed by atoms with E-state index in [1.54, 1.807) is 0 Å². The van der Waals surface area contributed by atoms with Crippen LogP contribution < -0.4 is 5.32 Å². The van der Waals surface area contributed by atoms with Crippen molar-refractivity contribution in [1.29, 1.82) is 0 Å². The molecule has 0 unspecified atom stereocenters. The Kier molecular flexibility index (Phi) is 5.50. The van der Waals surface area contributed by atoms with Crippen LogP contribution in [0.25, 0.3) is 0 Å². The number of carbonyl (C=O) groups excluding carboxylic acids is 2. The first-order valence-electron chi connectivity index (χ1n) is 13.6. The number of aromatic nitrogens is 4. The zero-order chi connectivity index (χ0) is 25.2. The van der Waals surface area contributed by atoms with E-state index in [-0.39, 0.29) is 22.8 Å². The molecule has 2 amide bonds. The van der Waals surface area contributed by atoms with Crippen molar-refractivity contribution < 1.29 is 9.59 Å². The van der Waals surface area contributed by atoms with Gasteiger partial charge >= 0.3 is 0 Å². The third kappa shape index (κ3) is 4.22. The predicted molar refractivity (Wildman–Crippen MR) is 136 cm³/mol. The minimum absolute atomic E-state index is 0.0396. The third-order valence-electron chi connectivity index (χ3n) is 8.94. The Balaban J connectivity index is 1.16. The molecule has 1 N–H and O–H groups in total. The standard InChI is InChI=1S/C28H38N6O2/c1-17-7-23(34(32-17)27(2,3)4)26(36)33-6-5-21-22(15-33)29-16-30-25(21)31-24(35)14-28-11-18-8-19(12-28)10-20(9-18)13-28/h7,16,18-20H,5-6,8-15H2,1-4H3,(H,29,30,31,35). The van der Waals surface area contributed by atoms with E-state index in [1.807, 2.05) is 43.3 Å². The fourth-order valence-corrected chi connectivity index (χ4v) is 7.98. The van der Waals surface area contributed by atoms with Crippen LogP contribution in [-0.4, -0.2) is 43.0 Å². The van der Waals surface area contributed by atoms with Gasteiger partial charge in [0.25, 0.3) is 5.91 Å². The van der Waals surface area contributed by atoms with Gasteiger partial charge in [-0.25, -0.2) is 9.97 Å². The molecule has 8 heteroatoms. The van der Waals surface area contributed by atoms with Crippen molar-refractivity contribution in [2.75, 3.05) is 11.9 Å². The molecular weight excluding hydrogens is 452 g/mol. The molecule has 8 nitrogen and oxygen atoms in total. The van der Waals surface area contributed by atoms with Gasteiger partial charge in [0.05, 0.1) is 23.5 Å². The summed E-state index contributed by atoms with van der Waals surface area (Å²) in [6, 6.07) is 1.86. The van der Waals surface area contributed by atoms with E-state index in [4.69, 9.17) is 0 Å². The van der Waals surface area contributed by atoms with Crippen LogP contribution in [0.15, 0.2) is 12.4 Å². The zero-order valence-electron chi connectivity index (χ0n) is 22.0. The molecule has 2 aromatic rings. The Bertz CT molecular complexity index is 1170. The lowest BCUT2D eigenvalue weighted by molar-refractivity contribution is -0.124. The molecule has 2 aromatic heterocycles. The van der Waals surface area contributed by atoms with Gasteiger partial charge in [0.1, 0.15) is 17.8 Å². The molecule has 0 aromatic carbocycles. The highest BCUT2D eigenvalue weighted by Crippen LogP contribution is 2.61. The summed E-state index contributed by atoms with van der Waals surface area (Å²) in [6.45, 7) is 9.03. The number of hydrogen-bond acceptors (Lipinski definition) is 5. The second-order valence-corrected chi connectivity index (χ2v) is 13.0. The van der Waals surface area contributed by atoms with Crippen molar-refractivity contribution >= 4 is 17.6 Å². The second kappa shape index (κ2) is 8.38. The molecule has 4 fully saturated rings. The fraction of sp³-hybridized carbons (Fsp3) is 0.679. The van der Waals surface area contributed by atoms with Gasteiger partial charge in [-0.05, 0) is 102 Å². The van der Waals surface area contributed by atoms with Crippen LogP contribution in [-0.2, 0) is 23.3 Å². The maximum absolute atomic E-state index is 13.5. The number of amides is 2. The Morgan fingerprint density at radius 3 is 2.39 bits per heavy atom. The average Bonchev–Trinajstić information content (AvgIpc) is 3.19. The molecule has 5 aliphatic rings. The molecule has 7 rings (SSSR count). The summed E-state index contributed by atoms with van der Waals surface area (Å²) in [6.07, 6.45) is 10.5. The second-order valence-electron chi connectivity index (χ2n) is 13.0. The van der Waals surface area contributed by atoms with Crippen LogP contribution in [0, 0.1) is 30.1 Å². The molecule has 0 radical (unpaired) electrons. The van der Waals surface area contributed by atoms with Gasteiger partial charge in [-0.3, -0.25) is 14.3 Å². The molecule has 1 aliphatic heterocycles. The van der Waals surface area contributed by atoms with Crippen molar-refractivity contribution in [1.82, 2.24) is 24.6 Å². The monoisotopic (exact) mass is 490 g/mol. The van der Waals surface area contributed by atoms with Crippen LogP contribution in [0.3, 0.4) is 0 Å². The molecule has 0 atom stereocenters. The highest BCUT2D eigenvalue weighted by molar-refractivity contribution is 5.93. The normalized spacial score (nSPS) is 28.8. The van der Waals surface area contributed by atoms with E-state index < -0.39 is 0 Å². The number of nitrogens with one attached hydrogen (secondary N) is 1. The summed E-state index contributed by atoms with van der Waals surface area (Å²) in [4.78, 5) is 37.4. The van der Waals surface area contributed by atoms with Crippen molar-refractivity contribution in [3.8, 4) is 0 Å². The van der Waals surface area contributed by atoms with Gasteiger partial charge in [-0.2, -0.15) is 5.10 Å². The lowest BCUT2D eigenvalue weighted by atomic mass is 9.49. The Morgan fingerprint density at radius 2 is 1.75 bits per heavy atom. The fourth-order valence-electron chi connectivity index (χ4n) is 7.98. The van der Waals surface area contributed by atoms with Gasteiger partial charge < -0.3 is 10.2 Å². The highest BCUT2D eigenvalue weighted by atomic mass is 16.2. The van der Waals surface area contributed by atoms with Crippen LogP contribution in [0.4, 0.5) is 5.82 Å². The number of nitrogens with zero attached hydrogens (tertiary/aromatic N) is 5. The minimum atomic E-state index is -0.288. The summed E-state index contributed by atoms with van der Waals surface area (Å²) in [5.41, 5.74) is 3.11. The van der Waals surface area contributed by atoms with Crippen LogP contribution in [0.5, 0.6) is 0 Å². The molecule has 4 aliphatic carbocycles. The predicted octanol–water partition coefficient (Wildman–Crippen LogP) is 4.48. The van der Waals surface area contributed by atoms with E-state index in [1.165, 1.54) is 44.9 Å². The van der Waals surface area contributed by atoms with Crippen molar-refractivity contribution in [2.24, 2.45) is 23.2 Å². The topological polar surface area (TPSA) is 93.0 Å². The van der Waals surface area contributed by atoms with Gasteiger partial charge in [0, 0.05) is 18.5 Å². The smallest absolute Gasteiger partial charge is 0.272 e. The minimum Gasteiger partial charge on any atom is -0.331 e. The van der Waals surface area contributed by atoms with Crippen LogP contribution in [0.2, 0.25) is 0 Å². The quantitative estimate of drug-likeness (QED) is 0.682. The zero-order valence-corrected chi connectivity index (χ0v) is 22.0. The van der Waals surface area contributed by atoms with Crippen LogP contribution in [0.1, 0.15) is 93.2 Å². The lowest BCUT2D eigenvalue weighted by Gasteiger charge is -2.56. The van der Waals surface area contributed by atoms with E-state index in [9.17, 15) is 9.59 Å². The first-order chi connectivity index (χ1) is 17.1. The number of rotatable bonds is 4. The number of aryl methyl sites for hydroxylation is 1. The molecule has 3 heterocycles. The van der Waals surface area contributed by atoms with Gasteiger partial charge in [0.15, 0.2) is 0 Å². The van der Waals surface area contributed by atoms with E-state index >= 15 is 0 Å². The van der Waals surface area contributed by atoms with Gasteiger partial charge in [-0.15, -0.1) is 0 Å². The van der Waals surface area contributed by atoms with Crippen molar-refractivity contribution in [2.45, 2.75) is 91.1 Å². The summed E-state index contributed by atoms with van der Waals surface area (Å²) in [5.74, 6) is 3.16. The summed E-state index contributed by atoms with van der Waals surface area (Å²) in [7, 11) is 0.